The number of benzene rings is 1. The van der Waals surface area contributed by atoms with Crippen molar-refractivity contribution in [1.29, 1.82) is 0 Å². The van der Waals surface area contributed by atoms with Crippen LogP contribution in [-0.2, 0) is 11.2 Å². The first-order valence-corrected chi connectivity index (χ1v) is 11.9. The van der Waals surface area contributed by atoms with Crippen molar-refractivity contribution in [1.82, 2.24) is 9.80 Å². The van der Waals surface area contributed by atoms with E-state index in [9.17, 15) is 9.90 Å². The van der Waals surface area contributed by atoms with Crippen LogP contribution in [0, 0.1) is 0 Å². The number of hydrogen-bond donors (Lipinski definition) is 1. The summed E-state index contributed by atoms with van der Waals surface area (Å²) in [6, 6.07) is 10.2. The molecule has 2 aromatic rings. The van der Waals surface area contributed by atoms with E-state index in [0.717, 1.165) is 12.2 Å². The summed E-state index contributed by atoms with van der Waals surface area (Å²) >= 11 is 1.75. The zero-order chi connectivity index (χ0) is 22.4. The second kappa shape index (κ2) is 10.9. The van der Waals surface area contributed by atoms with Gasteiger partial charge in [0.15, 0.2) is 0 Å². The molecule has 0 saturated heterocycles. The Bertz CT molecular complexity index is 860. The number of fused-ring (bicyclic) bond motifs is 1. The largest absolute Gasteiger partial charge is 0.491 e. The number of hydrogen-bond acceptors (Lipinski definition) is 5. The van der Waals surface area contributed by atoms with Gasteiger partial charge < -0.3 is 14.7 Å². The molecule has 2 atom stereocenters. The lowest BCUT2D eigenvalue weighted by Gasteiger charge is -2.37. The van der Waals surface area contributed by atoms with Gasteiger partial charge in [-0.15, -0.1) is 17.9 Å². The number of amides is 1. The van der Waals surface area contributed by atoms with Crippen molar-refractivity contribution in [3.8, 4) is 5.75 Å². The molecule has 3 rings (SSSR count). The number of carbonyl (C=O) groups excluding carboxylic acids is 1. The second-order valence-corrected chi connectivity index (χ2v) is 9.52. The van der Waals surface area contributed by atoms with E-state index in [1.54, 1.807) is 24.3 Å². The van der Waals surface area contributed by atoms with Crippen LogP contribution in [-0.4, -0.2) is 59.7 Å². The van der Waals surface area contributed by atoms with E-state index in [-0.39, 0.29) is 18.5 Å². The summed E-state index contributed by atoms with van der Waals surface area (Å²) in [5, 5.41) is 11.9. The van der Waals surface area contributed by atoms with Crippen molar-refractivity contribution in [2.75, 3.05) is 32.8 Å². The number of carbonyl (C=O) groups is 1. The maximum absolute atomic E-state index is 13.3. The molecular weight excluding hydrogens is 408 g/mol. The third-order valence-corrected chi connectivity index (χ3v) is 6.63. The van der Waals surface area contributed by atoms with Crippen LogP contribution in [0.4, 0.5) is 0 Å². The van der Waals surface area contributed by atoms with E-state index in [1.165, 1.54) is 16.0 Å². The van der Waals surface area contributed by atoms with Crippen LogP contribution in [0.15, 0.2) is 48.4 Å². The van der Waals surface area contributed by atoms with Crippen molar-refractivity contribution in [2.45, 2.75) is 45.3 Å². The Morgan fingerprint density at radius 1 is 1.32 bits per heavy atom. The molecular formula is C25H34N2O3S. The van der Waals surface area contributed by atoms with Gasteiger partial charge in [-0.2, -0.15) is 0 Å². The molecule has 1 aromatic carbocycles. The first-order chi connectivity index (χ1) is 14.9. The minimum atomic E-state index is -0.495. The smallest absolute Gasteiger partial charge is 0.237 e. The third kappa shape index (κ3) is 6.19. The first-order valence-electron chi connectivity index (χ1n) is 11.0. The zero-order valence-corrected chi connectivity index (χ0v) is 19.6. The van der Waals surface area contributed by atoms with E-state index in [2.05, 4.69) is 44.0 Å². The van der Waals surface area contributed by atoms with Crippen LogP contribution < -0.4 is 4.74 Å². The van der Waals surface area contributed by atoms with Crippen LogP contribution in [0.1, 0.15) is 48.7 Å². The summed E-state index contributed by atoms with van der Waals surface area (Å²) in [5.41, 5.74) is 2.47. The predicted octanol–water partition coefficient (Wildman–Crippen LogP) is 4.25. The summed E-state index contributed by atoms with van der Waals surface area (Å²) in [6.45, 7) is 12.2. The van der Waals surface area contributed by atoms with Crippen LogP contribution in [0.5, 0.6) is 5.75 Å². The van der Waals surface area contributed by atoms with Gasteiger partial charge in [0.2, 0.25) is 5.91 Å². The van der Waals surface area contributed by atoms with E-state index in [0.29, 0.717) is 32.2 Å². The fraction of sp³-hybridized carbons (Fsp3) is 0.480. The SMILES string of the molecule is C=CCN(CC(=O)N1CCc2sccc2[C@@H]1COc1ccc(C(C)C)cc1)C[C@H](C)O. The fourth-order valence-corrected chi connectivity index (χ4v) is 4.97. The lowest BCUT2D eigenvalue weighted by Crippen LogP contribution is -2.47. The van der Waals surface area contributed by atoms with Gasteiger partial charge in [-0.25, -0.2) is 0 Å². The highest BCUT2D eigenvalue weighted by atomic mass is 32.1. The maximum Gasteiger partial charge on any atom is 0.237 e. The highest BCUT2D eigenvalue weighted by Crippen LogP contribution is 2.34. The molecule has 0 unspecified atom stereocenters. The average Bonchev–Trinajstić information content (AvgIpc) is 3.21. The van der Waals surface area contributed by atoms with E-state index in [1.807, 2.05) is 21.9 Å². The summed E-state index contributed by atoms with van der Waals surface area (Å²) in [6.07, 6.45) is 2.14. The minimum Gasteiger partial charge on any atom is -0.491 e. The zero-order valence-electron chi connectivity index (χ0n) is 18.8. The number of aliphatic hydroxyl groups is 1. The van der Waals surface area contributed by atoms with Crippen molar-refractivity contribution in [2.24, 2.45) is 0 Å². The maximum atomic E-state index is 13.3. The molecule has 0 aliphatic carbocycles. The van der Waals surface area contributed by atoms with E-state index < -0.39 is 6.10 Å². The van der Waals surface area contributed by atoms with Crippen LogP contribution in [0.3, 0.4) is 0 Å². The van der Waals surface area contributed by atoms with Crippen molar-refractivity contribution < 1.29 is 14.6 Å². The molecule has 0 fully saturated rings. The topological polar surface area (TPSA) is 53.0 Å². The number of nitrogens with zero attached hydrogens (tertiary/aromatic N) is 2. The molecule has 0 bridgehead atoms. The Labute approximate surface area is 189 Å². The molecule has 1 aliphatic heterocycles. The molecule has 31 heavy (non-hydrogen) atoms. The van der Waals surface area contributed by atoms with Crippen LogP contribution in [0.25, 0.3) is 0 Å². The van der Waals surface area contributed by atoms with Gasteiger partial charge >= 0.3 is 0 Å². The fourth-order valence-electron chi connectivity index (χ4n) is 4.04. The molecule has 0 radical (unpaired) electrons. The Kier molecular flexibility index (Phi) is 8.29. The standard InChI is InChI=1S/C25H34N2O3S/c1-5-12-26(15-19(4)28)16-25(29)27-13-10-24-22(11-14-31-24)23(27)17-30-21-8-6-20(7-9-21)18(2)3/h5-9,11,14,18-19,23,28H,1,10,12-13,15-17H2,2-4H3/t19-,23-/m0/s1. The molecule has 0 saturated carbocycles. The van der Waals surface area contributed by atoms with Gasteiger partial charge in [0, 0.05) is 24.5 Å². The van der Waals surface area contributed by atoms with Gasteiger partial charge in [-0.1, -0.05) is 32.1 Å². The number of rotatable bonds is 10. The Balaban J connectivity index is 1.72. The molecule has 168 valence electrons. The monoisotopic (exact) mass is 442 g/mol. The van der Waals surface area contributed by atoms with Crippen LogP contribution in [0.2, 0.25) is 0 Å². The molecule has 1 amide bonds. The average molecular weight is 443 g/mol. The predicted molar refractivity (Wildman–Crippen MR) is 127 cm³/mol. The van der Waals surface area contributed by atoms with Gasteiger partial charge in [0.05, 0.1) is 18.7 Å². The van der Waals surface area contributed by atoms with Crippen LogP contribution >= 0.6 is 11.3 Å². The van der Waals surface area contributed by atoms with Crippen molar-refractivity contribution >= 4 is 17.2 Å². The van der Waals surface area contributed by atoms with E-state index in [4.69, 9.17) is 4.74 Å². The molecule has 2 heterocycles. The number of aliphatic hydroxyl groups excluding tert-OH is 1. The molecule has 1 N–H and O–H groups in total. The Hall–Kier alpha value is -2.15. The number of ether oxygens (including phenoxy) is 1. The molecule has 1 aromatic heterocycles. The van der Waals surface area contributed by atoms with Crippen molar-refractivity contribution in [3.63, 3.8) is 0 Å². The lowest BCUT2D eigenvalue weighted by molar-refractivity contribution is -0.136. The second-order valence-electron chi connectivity index (χ2n) is 8.52. The summed E-state index contributed by atoms with van der Waals surface area (Å²) in [4.78, 5) is 18.5. The highest BCUT2D eigenvalue weighted by Gasteiger charge is 2.32. The quantitative estimate of drug-likeness (QED) is 0.559. The first kappa shape index (κ1) is 23.5. The molecule has 6 heteroatoms. The molecule has 0 spiro atoms. The molecule has 1 aliphatic rings. The Morgan fingerprint density at radius 2 is 2.06 bits per heavy atom. The third-order valence-electron chi connectivity index (χ3n) is 5.64. The molecule has 5 nitrogen and oxygen atoms in total. The summed E-state index contributed by atoms with van der Waals surface area (Å²) in [5.74, 6) is 1.36. The summed E-state index contributed by atoms with van der Waals surface area (Å²) < 4.78 is 6.14. The number of thiophene rings is 1. The van der Waals surface area contributed by atoms with E-state index >= 15 is 0 Å². The van der Waals surface area contributed by atoms with Gasteiger partial charge in [-0.3, -0.25) is 9.69 Å². The van der Waals surface area contributed by atoms with Gasteiger partial charge in [0.25, 0.3) is 0 Å². The van der Waals surface area contributed by atoms with Gasteiger partial charge in [0.1, 0.15) is 12.4 Å². The normalized spacial score (nSPS) is 17.0. The lowest BCUT2D eigenvalue weighted by atomic mass is 10.00. The highest BCUT2D eigenvalue weighted by molar-refractivity contribution is 7.10. The Morgan fingerprint density at radius 3 is 2.71 bits per heavy atom. The van der Waals surface area contributed by atoms with Crippen molar-refractivity contribution in [3.05, 3.63) is 64.4 Å². The minimum absolute atomic E-state index is 0.0584. The van der Waals surface area contributed by atoms with Gasteiger partial charge in [-0.05, 0) is 54.0 Å². The summed E-state index contributed by atoms with van der Waals surface area (Å²) in [7, 11) is 0.